The van der Waals surface area contributed by atoms with Crippen LogP contribution in [0.2, 0.25) is 0 Å². The number of aliphatic carboxylic acids is 1. The van der Waals surface area contributed by atoms with Crippen molar-refractivity contribution >= 4 is 11.9 Å². The zero-order valence-electron chi connectivity index (χ0n) is 12.3. The van der Waals surface area contributed by atoms with Gasteiger partial charge in [0, 0.05) is 12.0 Å². The highest BCUT2D eigenvalue weighted by Crippen LogP contribution is 2.68. The average Bonchev–Trinajstić information content (AvgIpc) is 2.69. The van der Waals surface area contributed by atoms with Gasteiger partial charge < -0.3 is 10.4 Å². The fourth-order valence-corrected chi connectivity index (χ4v) is 3.62. The summed E-state index contributed by atoms with van der Waals surface area (Å²) in [4.78, 5) is 23.2. The summed E-state index contributed by atoms with van der Waals surface area (Å²) in [5.41, 5.74) is 0.130. The summed E-state index contributed by atoms with van der Waals surface area (Å²) in [7, 11) is 0. The van der Waals surface area contributed by atoms with E-state index >= 15 is 0 Å². The van der Waals surface area contributed by atoms with Crippen molar-refractivity contribution < 1.29 is 14.7 Å². The van der Waals surface area contributed by atoms with Gasteiger partial charge in [-0.2, -0.15) is 0 Å². The molecule has 0 aromatic heterocycles. The maximum atomic E-state index is 12.3. The molecule has 0 aromatic rings. The third kappa shape index (κ3) is 2.37. The van der Waals surface area contributed by atoms with Crippen molar-refractivity contribution in [3.05, 3.63) is 0 Å². The van der Waals surface area contributed by atoms with Crippen LogP contribution in [0.3, 0.4) is 0 Å². The van der Waals surface area contributed by atoms with Crippen molar-refractivity contribution in [1.29, 1.82) is 0 Å². The molecule has 2 fully saturated rings. The first-order valence-electron chi connectivity index (χ1n) is 7.21. The van der Waals surface area contributed by atoms with Gasteiger partial charge in [0.2, 0.25) is 5.91 Å². The first kappa shape index (κ1) is 14.4. The van der Waals surface area contributed by atoms with Gasteiger partial charge in [0.1, 0.15) is 0 Å². The lowest BCUT2D eigenvalue weighted by atomic mass is 9.86. The fourth-order valence-electron chi connectivity index (χ4n) is 3.62. The number of carboxylic acid groups (broad SMARTS) is 1. The zero-order valence-corrected chi connectivity index (χ0v) is 12.3. The highest BCUT2D eigenvalue weighted by atomic mass is 16.4. The number of carboxylic acids is 1. The van der Waals surface area contributed by atoms with Gasteiger partial charge in [-0.25, -0.2) is 0 Å². The zero-order chi connectivity index (χ0) is 14.4. The van der Waals surface area contributed by atoms with Crippen LogP contribution in [0.1, 0.15) is 53.4 Å². The van der Waals surface area contributed by atoms with Crippen LogP contribution in [-0.2, 0) is 9.59 Å². The van der Waals surface area contributed by atoms with E-state index < -0.39 is 5.97 Å². The van der Waals surface area contributed by atoms with Crippen LogP contribution >= 0.6 is 0 Å². The quantitative estimate of drug-likeness (QED) is 0.825. The molecule has 2 N–H and O–H groups in total. The van der Waals surface area contributed by atoms with Crippen LogP contribution in [0.4, 0.5) is 0 Å². The first-order chi connectivity index (χ1) is 8.68. The Morgan fingerprint density at radius 2 is 1.47 bits per heavy atom. The molecule has 2 saturated carbocycles. The molecule has 2 aliphatic carbocycles. The second-order valence-corrected chi connectivity index (χ2v) is 7.27. The molecule has 19 heavy (non-hydrogen) atoms. The van der Waals surface area contributed by atoms with E-state index in [9.17, 15) is 9.59 Å². The molecule has 1 amide bonds. The van der Waals surface area contributed by atoms with Crippen molar-refractivity contribution in [2.24, 2.45) is 22.7 Å². The minimum atomic E-state index is -0.700. The Balaban J connectivity index is 1.84. The van der Waals surface area contributed by atoms with Gasteiger partial charge in [0.15, 0.2) is 0 Å². The van der Waals surface area contributed by atoms with Crippen LogP contribution in [0.25, 0.3) is 0 Å². The van der Waals surface area contributed by atoms with E-state index in [1.54, 1.807) is 0 Å². The van der Waals surface area contributed by atoms with Gasteiger partial charge in [-0.15, -0.1) is 0 Å². The molecule has 0 atom stereocenters. The topological polar surface area (TPSA) is 66.4 Å². The maximum absolute atomic E-state index is 12.3. The molecule has 0 aliphatic heterocycles. The summed E-state index contributed by atoms with van der Waals surface area (Å²) < 4.78 is 0. The maximum Gasteiger partial charge on any atom is 0.306 e. The highest BCUT2D eigenvalue weighted by molar-refractivity contribution is 5.84. The van der Waals surface area contributed by atoms with Gasteiger partial charge >= 0.3 is 5.97 Å². The van der Waals surface area contributed by atoms with E-state index in [2.05, 4.69) is 33.0 Å². The van der Waals surface area contributed by atoms with E-state index in [4.69, 9.17) is 5.11 Å². The van der Waals surface area contributed by atoms with Gasteiger partial charge in [0.25, 0.3) is 0 Å². The van der Waals surface area contributed by atoms with Crippen LogP contribution in [-0.4, -0.2) is 23.0 Å². The first-order valence-corrected chi connectivity index (χ1v) is 7.21. The van der Waals surface area contributed by atoms with Crippen molar-refractivity contribution in [2.45, 2.75) is 59.4 Å². The molecule has 2 rings (SSSR count). The van der Waals surface area contributed by atoms with Crippen molar-refractivity contribution in [3.63, 3.8) is 0 Å². The second kappa shape index (κ2) is 4.50. The van der Waals surface area contributed by atoms with Gasteiger partial charge in [-0.05, 0) is 36.5 Å². The molecule has 4 nitrogen and oxygen atoms in total. The molecular weight excluding hydrogens is 242 g/mol. The number of amides is 1. The summed E-state index contributed by atoms with van der Waals surface area (Å²) >= 11 is 0. The van der Waals surface area contributed by atoms with E-state index in [-0.39, 0.29) is 34.6 Å². The van der Waals surface area contributed by atoms with E-state index in [0.717, 1.165) is 12.8 Å². The fraction of sp³-hybridized carbons (Fsp3) is 0.867. The molecule has 0 heterocycles. The highest BCUT2D eigenvalue weighted by Gasteiger charge is 2.68. The third-order valence-electron chi connectivity index (χ3n) is 5.71. The number of nitrogens with one attached hydrogen (secondary N) is 1. The molecule has 4 heteroatoms. The minimum Gasteiger partial charge on any atom is -0.481 e. The summed E-state index contributed by atoms with van der Waals surface area (Å²) in [6, 6.07) is 0.162. The number of hydrogen-bond acceptors (Lipinski definition) is 2. The Labute approximate surface area is 115 Å². The van der Waals surface area contributed by atoms with Crippen LogP contribution < -0.4 is 5.32 Å². The monoisotopic (exact) mass is 267 g/mol. The van der Waals surface area contributed by atoms with Gasteiger partial charge in [-0.3, -0.25) is 9.59 Å². The Kier molecular flexibility index (Phi) is 3.40. The summed E-state index contributed by atoms with van der Waals surface area (Å²) in [5.74, 6) is -0.692. The number of carbonyl (C=O) groups is 2. The molecule has 0 unspecified atom stereocenters. The SMILES string of the molecule is CC1(C)C(C(=O)NC2CCC(C(=O)O)CC2)C1(C)C. The van der Waals surface area contributed by atoms with Crippen molar-refractivity contribution in [2.75, 3.05) is 0 Å². The van der Waals surface area contributed by atoms with E-state index in [1.807, 2.05) is 0 Å². The smallest absolute Gasteiger partial charge is 0.306 e. The van der Waals surface area contributed by atoms with Crippen molar-refractivity contribution in [3.8, 4) is 0 Å². The summed E-state index contributed by atoms with van der Waals surface area (Å²) in [5, 5.41) is 12.1. The minimum absolute atomic E-state index is 0.0648. The predicted molar refractivity (Wildman–Crippen MR) is 72.6 cm³/mol. The molecule has 108 valence electrons. The molecule has 0 spiro atoms. The van der Waals surface area contributed by atoms with Crippen LogP contribution in [0.15, 0.2) is 0 Å². The molecule has 0 radical (unpaired) electrons. The third-order valence-corrected chi connectivity index (χ3v) is 5.71. The van der Waals surface area contributed by atoms with E-state index in [1.165, 1.54) is 0 Å². The standard InChI is InChI=1S/C15H25NO3/c1-14(2)11(15(14,3)4)12(17)16-10-7-5-9(6-8-10)13(18)19/h9-11H,5-8H2,1-4H3,(H,16,17)(H,18,19). The molecule has 2 aliphatic rings. The van der Waals surface area contributed by atoms with Crippen LogP contribution in [0.5, 0.6) is 0 Å². The van der Waals surface area contributed by atoms with Crippen molar-refractivity contribution in [1.82, 2.24) is 5.32 Å². The normalized spacial score (nSPS) is 32.6. The summed E-state index contributed by atoms with van der Waals surface area (Å²) in [6.45, 7) is 8.55. The lowest BCUT2D eigenvalue weighted by Gasteiger charge is -2.27. The predicted octanol–water partition coefficient (Wildman–Crippen LogP) is 2.43. The average molecular weight is 267 g/mol. The molecule has 0 aromatic carbocycles. The Morgan fingerprint density at radius 3 is 1.84 bits per heavy atom. The van der Waals surface area contributed by atoms with Gasteiger partial charge in [-0.1, -0.05) is 27.7 Å². The Hall–Kier alpha value is -1.06. The molecule has 0 bridgehead atoms. The number of hydrogen-bond donors (Lipinski definition) is 2. The molecule has 0 saturated heterocycles. The lowest BCUT2D eigenvalue weighted by molar-refractivity contribution is -0.142. The number of carbonyl (C=O) groups excluding carboxylic acids is 1. The largest absolute Gasteiger partial charge is 0.481 e. The number of rotatable bonds is 3. The lowest BCUT2D eigenvalue weighted by Crippen LogP contribution is -2.40. The second-order valence-electron chi connectivity index (χ2n) is 7.27. The van der Waals surface area contributed by atoms with Gasteiger partial charge in [0.05, 0.1) is 5.92 Å². The van der Waals surface area contributed by atoms with Crippen LogP contribution in [0, 0.1) is 22.7 Å². The Bertz CT molecular complexity index is 378. The van der Waals surface area contributed by atoms with E-state index in [0.29, 0.717) is 12.8 Å². The summed E-state index contributed by atoms with van der Waals surface area (Å²) in [6.07, 6.45) is 2.93. The molecular formula is C15H25NO3. The Morgan fingerprint density at radius 1 is 1.00 bits per heavy atom.